The fraction of sp³-hybridized carbons (Fsp3) is 0.941. The summed E-state index contributed by atoms with van der Waals surface area (Å²) in [6.07, 6.45) is -5.06. The Kier molecular flexibility index (Phi) is 13.4. The van der Waals surface area contributed by atoms with Crippen molar-refractivity contribution in [2.75, 3.05) is 19.4 Å². The molecule has 0 amide bonds. The highest BCUT2D eigenvalue weighted by atomic mass is 32.2. The molecule has 6 atom stereocenters. The van der Waals surface area contributed by atoms with Crippen LogP contribution >= 0.6 is 11.9 Å². The van der Waals surface area contributed by atoms with Crippen LogP contribution in [0, 0.1) is 0 Å². The van der Waals surface area contributed by atoms with E-state index in [-0.39, 0.29) is 12.5 Å². The van der Waals surface area contributed by atoms with Crippen LogP contribution < -0.4 is 10.0 Å². The molecule has 0 radical (unpaired) electrons. The molecule has 0 heterocycles. The van der Waals surface area contributed by atoms with E-state index in [9.17, 15) is 30.3 Å². The van der Waals surface area contributed by atoms with Crippen LogP contribution in [0.1, 0.15) is 40.0 Å². The lowest BCUT2D eigenvalue weighted by molar-refractivity contribution is -0.157. The van der Waals surface area contributed by atoms with E-state index in [2.05, 4.69) is 10.0 Å². The van der Waals surface area contributed by atoms with Gasteiger partial charge in [-0.1, -0.05) is 18.4 Å². The fourth-order valence-electron chi connectivity index (χ4n) is 2.31. The highest BCUT2D eigenvalue weighted by molar-refractivity contribution is 7.96. The molecule has 11 heteroatoms. The number of rotatable bonds is 14. The van der Waals surface area contributed by atoms with Crippen molar-refractivity contribution in [3.05, 3.63) is 0 Å². The van der Waals surface area contributed by atoms with Gasteiger partial charge in [0, 0.05) is 0 Å². The van der Waals surface area contributed by atoms with E-state index < -0.39 is 48.9 Å². The van der Waals surface area contributed by atoms with Gasteiger partial charge in [-0.2, -0.15) is 0 Å². The molecule has 0 rings (SSSR count). The zero-order chi connectivity index (χ0) is 21.9. The number of unbranched alkanes of at least 4 members (excludes halogenated alkanes) is 1. The predicted octanol–water partition coefficient (Wildman–Crippen LogP) is -1.92. The predicted molar refractivity (Wildman–Crippen MR) is 105 cm³/mol. The van der Waals surface area contributed by atoms with Crippen molar-refractivity contribution in [2.45, 2.75) is 82.3 Å². The number of esters is 1. The molecular weight excluding hydrogens is 392 g/mol. The Bertz CT molecular complexity index is 438. The first kappa shape index (κ1) is 27.5. The van der Waals surface area contributed by atoms with Gasteiger partial charge in [0.25, 0.3) is 0 Å². The standard InChI is InChI=1S/C17H36N2O8S/c1-17(2,3)27-16(26)10(19-28-4)7-5-6-8-18-15(25)14(24)13(23)12(22)11(21)9-20/h10-15,18-25H,5-9H2,1-4H3. The summed E-state index contributed by atoms with van der Waals surface area (Å²) in [6.45, 7) is 4.87. The van der Waals surface area contributed by atoms with Crippen molar-refractivity contribution in [2.24, 2.45) is 0 Å². The summed E-state index contributed by atoms with van der Waals surface area (Å²) < 4.78 is 8.36. The largest absolute Gasteiger partial charge is 0.459 e. The van der Waals surface area contributed by atoms with Crippen LogP contribution in [0.2, 0.25) is 0 Å². The Balaban J connectivity index is 4.29. The molecular formula is C17H36N2O8S. The summed E-state index contributed by atoms with van der Waals surface area (Å²) in [4.78, 5) is 12.2. The second-order valence-corrected chi connectivity index (χ2v) is 8.17. The molecule has 0 bridgehead atoms. The first-order valence-electron chi connectivity index (χ1n) is 9.20. The normalized spacial score (nSPS) is 18.8. The van der Waals surface area contributed by atoms with Crippen LogP contribution in [-0.4, -0.2) is 98.3 Å². The highest BCUT2D eigenvalue weighted by Crippen LogP contribution is 2.13. The zero-order valence-electron chi connectivity index (χ0n) is 16.9. The molecule has 0 saturated heterocycles. The second-order valence-electron chi connectivity index (χ2n) is 7.52. The van der Waals surface area contributed by atoms with Gasteiger partial charge in [-0.05, 0) is 46.4 Å². The van der Waals surface area contributed by atoms with Crippen LogP contribution in [0.3, 0.4) is 0 Å². The number of carbonyl (C=O) groups is 1. The van der Waals surface area contributed by atoms with Crippen molar-refractivity contribution in [1.29, 1.82) is 0 Å². The Morgan fingerprint density at radius 1 is 1.04 bits per heavy atom. The van der Waals surface area contributed by atoms with Gasteiger partial charge in [-0.15, -0.1) is 0 Å². The minimum atomic E-state index is -1.84. The average molecular weight is 429 g/mol. The lowest BCUT2D eigenvalue weighted by Gasteiger charge is -2.28. The minimum Gasteiger partial charge on any atom is -0.459 e. The maximum absolute atomic E-state index is 12.2. The van der Waals surface area contributed by atoms with E-state index >= 15 is 0 Å². The van der Waals surface area contributed by atoms with E-state index in [0.717, 1.165) is 0 Å². The number of nitrogens with one attached hydrogen (secondary N) is 2. The summed E-state index contributed by atoms with van der Waals surface area (Å²) in [5.41, 5.74) is -0.577. The average Bonchev–Trinajstić information content (AvgIpc) is 2.62. The first-order chi connectivity index (χ1) is 12.9. The van der Waals surface area contributed by atoms with Crippen LogP contribution in [0.15, 0.2) is 0 Å². The van der Waals surface area contributed by atoms with Crippen molar-refractivity contribution >= 4 is 17.9 Å². The number of hydrogen-bond donors (Lipinski definition) is 8. The number of aliphatic hydroxyl groups is 6. The van der Waals surface area contributed by atoms with Gasteiger partial charge in [0.2, 0.25) is 0 Å². The molecule has 0 fully saturated rings. The van der Waals surface area contributed by atoms with E-state index in [1.54, 1.807) is 20.8 Å². The molecule has 0 aliphatic carbocycles. The van der Waals surface area contributed by atoms with Gasteiger partial charge in [-0.25, -0.2) is 0 Å². The maximum atomic E-state index is 12.2. The topological polar surface area (TPSA) is 172 Å². The summed E-state index contributed by atoms with van der Waals surface area (Å²) in [6, 6.07) is -0.471. The Hall–Kier alpha value is -0.500. The van der Waals surface area contributed by atoms with Crippen molar-refractivity contribution in [3.63, 3.8) is 0 Å². The molecule has 0 aromatic carbocycles. The molecule has 0 saturated carbocycles. The molecule has 0 aliphatic heterocycles. The van der Waals surface area contributed by atoms with E-state index in [1.807, 2.05) is 6.26 Å². The summed E-state index contributed by atoms with van der Waals surface area (Å²) >= 11 is 1.32. The molecule has 10 nitrogen and oxygen atoms in total. The molecule has 0 aliphatic rings. The highest BCUT2D eigenvalue weighted by Gasteiger charge is 2.33. The van der Waals surface area contributed by atoms with Crippen LogP contribution in [0.5, 0.6) is 0 Å². The lowest BCUT2D eigenvalue weighted by atomic mass is 10.0. The smallest absolute Gasteiger partial charge is 0.324 e. The Morgan fingerprint density at radius 2 is 1.64 bits per heavy atom. The summed E-state index contributed by atoms with van der Waals surface area (Å²) in [5.74, 6) is -0.343. The minimum absolute atomic E-state index is 0.282. The third-order valence-corrected chi connectivity index (χ3v) is 4.35. The summed E-state index contributed by atoms with van der Waals surface area (Å²) in [7, 11) is 0. The molecule has 28 heavy (non-hydrogen) atoms. The molecule has 8 N–H and O–H groups in total. The molecule has 0 spiro atoms. The van der Waals surface area contributed by atoms with Gasteiger partial charge in [0.1, 0.15) is 42.3 Å². The van der Waals surface area contributed by atoms with Gasteiger partial charge < -0.3 is 35.4 Å². The van der Waals surface area contributed by atoms with Crippen LogP contribution in [0.4, 0.5) is 0 Å². The van der Waals surface area contributed by atoms with Crippen molar-refractivity contribution in [1.82, 2.24) is 10.0 Å². The van der Waals surface area contributed by atoms with Crippen molar-refractivity contribution in [3.8, 4) is 0 Å². The summed E-state index contributed by atoms with van der Waals surface area (Å²) in [5, 5.41) is 59.5. The number of ether oxygens (including phenoxy) is 1. The Labute approximate surface area is 170 Å². The van der Waals surface area contributed by atoms with Gasteiger partial charge in [-0.3, -0.25) is 14.8 Å². The molecule has 0 aromatic heterocycles. The first-order valence-corrected chi connectivity index (χ1v) is 10.4. The van der Waals surface area contributed by atoms with Gasteiger partial charge >= 0.3 is 5.97 Å². The van der Waals surface area contributed by atoms with E-state index in [0.29, 0.717) is 19.3 Å². The maximum Gasteiger partial charge on any atom is 0.324 e. The number of aliphatic hydroxyl groups excluding tert-OH is 6. The fourth-order valence-corrected chi connectivity index (χ4v) is 2.81. The van der Waals surface area contributed by atoms with Crippen molar-refractivity contribution < 1.29 is 40.2 Å². The number of carbonyl (C=O) groups excluding carboxylic acids is 1. The van der Waals surface area contributed by atoms with Crippen LogP contribution in [-0.2, 0) is 9.53 Å². The number of hydrogen-bond acceptors (Lipinski definition) is 11. The van der Waals surface area contributed by atoms with Gasteiger partial charge in [0.15, 0.2) is 0 Å². The molecule has 0 aromatic rings. The van der Waals surface area contributed by atoms with Gasteiger partial charge in [0.05, 0.1) is 6.61 Å². The van der Waals surface area contributed by atoms with E-state index in [4.69, 9.17) is 9.84 Å². The van der Waals surface area contributed by atoms with E-state index in [1.165, 1.54) is 11.9 Å². The lowest BCUT2D eigenvalue weighted by Crippen LogP contribution is -2.53. The third-order valence-electron chi connectivity index (χ3n) is 3.83. The zero-order valence-corrected chi connectivity index (χ0v) is 17.7. The Morgan fingerprint density at radius 3 is 2.14 bits per heavy atom. The third kappa shape index (κ3) is 10.9. The monoisotopic (exact) mass is 428 g/mol. The molecule has 6 unspecified atom stereocenters. The second kappa shape index (κ2) is 13.7. The quantitative estimate of drug-likeness (QED) is 0.0671. The molecule has 168 valence electrons. The SMILES string of the molecule is CSNC(CCCCNC(O)C(O)C(O)C(O)C(O)CO)C(=O)OC(C)(C)C. The van der Waals surface area contributed by atoms with Crippen LogP contribution in [0.25, 0.3) is 0 Å².